The van der Waals surface area contributed by atoms with Crippen molar-refractivity contribution in [3.05, 3.63) is 81.1 Å². The Morgan fingerprint density at radius 3 is 2.55 bits per heavy atom. The molecule has 174 valence electrons. The summed E-state index contributed by atoms with van der Waals surface area (Å²) >= 11 is 0. The molecule has 0 fully saturated rings. The molecular formula is C28H34N2O3. The van der Waals surface area contributed by atoms with Gasteiger partial charge in [0.2, 0.25) is 0 Å². The number of aromatic nitrogens is 1. The molecule has 1 aromatic carbocycles. The van der Waals surface area contributed by atoms with Gasteiger partial charge in [-0.05, 0) is 106 Å². The Bertz CT molecular complexity index is 1210. The number of benzene rings is 1. The van der Waals surface area contributed by atoms with Crippen molar-refractivity contribution in [3.63, 3.8) is 0 Å². The van der Waals surface area contributed by atoms with Crippen LogP contribution in [0.2, 0.25) is 0 Å². The van der Waals surface area contributed by atoms with E-state index in [1.807, 2.05) is 31.2 Å². The summed E-state index contributed by atoms with van der Waals surface area (Å²) in [7, 11) is 1.77. The number of ether oxygens (including phenoxy) is 1. The molecular weight excluding hydrogens is 412 g/mol. The highest BCUT2D eigenvalue weighted by atomic mass is 16.5. The van der Waals surface area contributed by atoms with Gasteiger partial charge in [0.15, 0.2) is 5.76 Å². The van der Waals surface area contributed by atoms with Crippen LogP contribution in [0.25, 0.3) is 0 Å². The van der Waals surface area contributed by atoms with E-state index in [0.717, 1.165) is 35.7 Å². The zero-order chi connectivity index (χ0) is 23.9. The van der Waals surface area contributed by atoms with E-state index in [1.54, 1.807) is 18.0 Å². The SMILES string of the molecule is Cc1cccc(CN(C)C(=O)c2ccc(Cc3c(C)c(C)c4c(c3C)CCC(C)(C)O4)o2)n1. The minimum absolute atomic E-state index is 0.131. The fourth-order valence-electron chi connectivity index (χ4n) is 4.67. The van der Waals surface area contributed by atoms with Crippen LogP contribution in [0.5, 0.6) is 5.75 Å². The average Bonchev–Trinajstić information content (AvgIpc) is 3.22. The topological polar surface area (TPSA) is 55.6 Å². The summed E-state index contributed by atoms with van der Waals surface area (Å²) in [5.74, 6) is 2.06. The Kier molecular flexibility index (Phi) is 6.08. The third kappa shape index (κ3) is 4.68. The van der Waals surface area contributed by atoms with Gasteiger partial charge in [-0.1, -0.05) is 6.07 Å². The summed E-state index contributed by atoms with van der Waals surface area (Å²) in [4.78, 5) is 19.1. The van der Waals surface area contributed by atoms with Gasteiger partial charge in [-0.2, -0.15) is 0 Å². The van der Waals surface area contributed by atoms with Crippen LogP contribution >= 0.6 is 0 Å². The van der Waals surface area contributed by atoms with Gasteiger partial charge in [-0.15, -0.1) is 0 Å². The van der Waals surface area contributed by atoms with E-state index >= 15 is 0 Å². The predicted octanol–water partition coefficient (Wildman–Crippen LogP) is 5.87. The molecule has 0 N–H and O–H groups in total. The van der Waals surface area contributed by atoms with Crippen molar-refractivity contribution in [2.24, 2.45) is 0 Å². The highest BCUT2D eigenvalue weighted by Crippen LogP contribution is 2.41. The van der Waals surface area contributed by atoms with Gasteiger partial charge >= 0.3 is 0 Å². The number of hydrogen-bond donors (Lipinski definition) is 0. The second-order valence-electron chi connectivity index (χ2n) is 9.90. The number of rotatable bonds is 5. The van der Waals surface area contributed by atoms with Crippen LogP contribution in [-0.4, -0.2) is 28.4 Å². The third-order valence-corrected chi connectivity index (χ3v) is 6.81. The van der Waals surface area contributed by atoms with Gasteiger partial charge in [-0.3, -0.25) is 9.78 Å². The molecule has 33 heavy (non-hydrogen) atoms. The van der Waals surface area contributed by atoms with Crippen molar-refractivity contribution in [2.45, 2.75) is 73.0 Å². The average molecular weight is 447 g/mol. The first-order chi connectivity index (χ1) is 15.6. The molecule has 1 amide bonds. The highest BCUT2D eigenvalue weighted by molar-refractivity contribution is 5.91. The lowest BCUT2D eigenvalue weighted by Crippen LogP contribution is -2.33. The van der Waals surface area contributed by atoms with Gasteiger partial charge in [0.05, 0.1) is 12.2 Å². The minimum Gasteiger partial charge on any atom is -0.487 e. The molecule has 3 heterocycles. The van der Waals surface area contributed by atoms with E-state index in [2.05, 4.69) is 39.6 Å². The van der Waals surface area contributed by atoms with E-state index in [9.17, 15) is 4.79 Å². The largest absolute Gasteiger partial charge is 0.487 e. The van der Waals surface area contributed by atoms with Gasteiger partial charge in [-0.25, -0.2) is 0 Å². The molecule has 0 spiro atoms. The van der Waals surface area contributed by atoms with Crippen LogP contribution in [-0.2, 0) is 19.4 Å². The van der Waals surface area contributed by atoms with Gasteiger partial charge in [0, 0.05) is 19.2 Å². The summed E-state index contributed by atoms with van der Waals surface area (Å²) in [6.45, 7) is 13.2. The Labute approximate surface area is 196 Å². The summed E-state index contributed by atoms with van der Waals surface area (Å²) in [5.41, 5.74) is 7.94. The van der Waals surface area contributed by atoms with Crippen LogP contribution in [0.15, 0.2) is 34.7 Å². The number of carbonyl (C=O) groups is 1. The fourth-order valence-corrected chi connectivity index (χ4v) is 4.67. The third-order valence-electron chi connectivity index (χ3n) is 6.81. The number of amides is 1. The molecule has 0 aliphatic carbocycles. The Morgan fingerprint density at radius 1 is 1.06 bits per heavy atom. The van der Waals surface area contributed by atoms with Crippen molar-refractivity contribution in [1.82, 2.24) is 9.88 Å². The van der Waals surface area contributed by atoms with E-state index < -0.39 is 0 Å². The quantitative estimate of drug-likeness (QED) is 0.491. The number of aryl methyl sites for hydroxylation is 1. The van der Waals surface area contributed by atoms with Crippen LogP contribution in [0, 0.1) is 27.7 Å². The molecule has 5 heteroatoms. The number of furan rings is 1. The zero-order valence-corrected chi connectivity index (χ0v) is 20.8. The molecule has 0 radical (unpaired) electrons. The first kappa shape index (κ1) is 23.1. The molecule has 1 aliphatic rings. The standard InChI is InChI=1S/C28H34N2O3/c1-17-9-8-10-21(29-17)16-30(7)27(31)25-12-11-22(32-25)15-24-18(2)19(3)26-23(20(24)4)13-14-28(5,6)33-26/h8-12H,13-16H2,1-7H3. The first-order valence-corrected chi connectivity index (χ1v) is 11.6. The molecule has 3 aromatic rings. The summed E-state index contributed by atoms with van der Waals surface area (Å²) in [5, 5.41) is 0. The predicted molar refractivity (Wildman–Crippen MR) is 130 cm³/mol. The van der Waals surface area contributed by atoms with Crippen molar-refractivity contribution in [3.8, 4) is 5.75 Å². The number of fused-ring (bicyclic) bond motifs is 1. The molecule has 5 nitrogen and oxygen atoms in total. The minimum atomic E-state index is -0.143. The molecule has 4 rings (SSSR count). The maximum atomic E-state index is 12.9. The van der Waals surface area contributed by atoms with Crippen LogP contribution in [0.3, 0.4) is 0 Å². The van der Waals surface area contributed by atoms with Gasteiger partial charge in [0.25, 0.3) is 5.91 Å². The summed E-state index contributed by atoms with van der Waals surface area (Å²) in [6, 6.07) is 9.53. The second kappa shape index (κ2) is 8.69. The Morgan fingerprint density at radius 2 is 1.82 bits per heavy atom. The number of pyridine rings is 1. The molecule has 2 aromatic heterocycles. The van der Waals surface area contributed by atoms with E-state index in [1.165, 1.54) is 27.8 Å². The van der Waals surface area contributed by atoms with E-state index in [4.69, 9.17) is 9.15 Å². The Hall–Kier alpha value is -3.08. The number of carbonyl (C=O) groups excluding carboxylic acids is 1. The normalized spacial score (nSPS) is 14.5. The van der Waals surface area contributed by atoms with Gasteiger partial charge < -0.3 is 14.1 Å². The number of hydrogen-bond acceptors (Lipinski definition) is 4. The summed E-state index contributed by atoms with van der Waals surface area (Å²) in [6.07, 6.45) is 2.68. The molecule has 0 bridgehead atoms. The lowest BCUT2D eigenvalue weighted by molar-refractivity contribution is 0.0750. The van der Waals surface area contributed by atoms with E-state index in [-0.39, 0.29) is 11.5 Å². The zero-order valence-electron chi connectivity index (χ0n) is 20.8. The summed E-state index contributed by atoms with van der Waals surface area (Å²) < 4.78 is 12.4. The molecule has 1 aliphatic heterocycles. The van der Waals surface area contributed by atoms with Crippen LogP contribution in [0.4, 0.5) is 0 Å². The monoisotopic (exact) mass is 446 g/mol. The Balaban J connectivity index is 1.54. The van der Waals surface area contributed by atoms with Crippen molar-refractivity contribution in [2.75, 3.05) is 7.05 Å². The van der Waals surface area contributed by atoms with Gasteiger partial charge in [0.1, 0.15) is 17.1 Å². The molecule has 0 atom stereocenters. The molecule has 0 saturated heterocycles. The first-order valence-electron chi connectivity index (χ1n) is 11.6. The maximum Gasteiger partial charge on any atom is 0.289 e. The smallest absolute Gasteiger partial charge is 0.289 e. The van der Waals surface area contributed by atoms with Crippen LogP contribution < -0.4 is 4.74 Å². The maximum absolute atomic E-state index is 12.9. The fraction of sp³-hybridized carbons (Fsp3) is 0.429. The van der Waals surface area contributed by atoms with E-state index in [0.29, 0.717) is 18.7 Å². The molecule has 0 unspecified atom stereocenters. The van der Waals surface area contributed by atoms with Crippen LogP contribution in [0.1, 0.15) is 75.8 Å². The lowest BCUT2D eigenvalue weighted by Gasteiger charge is -2.35. The molecule has 0 saturated carbocycles. The second-order valence-corrected chi connectivity index (χ2v) is 9.90. The lowest BCUT2D eigenvalue weighted by atomic mass is 9.84. The highest BCUT2D eigenvalue weighted by Gasteiger charge is 2.31. The van der Waals surface area contributed by atoms with Crippen molar-refractivity contribution >= 4 is 5.91 Å². The van der Waals surface area contributed by atoms with Crippen molar-refractivity contribution in [1.29, 1.82) is 0 Å². The number of nitrogens with zero attached hydrogens (tertiary/aromatic N) is 2. The van der Waals surface area contributed by atoms with Crippen molar-refractivity contribution < 1.29 is 13.9 Å².